The second-order valence-electron chi connectivity index (χ2n) is 3.92. The summed E-state index contributed by atoms with van der Waals surface area (Å²) in [7, 11) is 0. The molecule has 2 aromatic rings. The van der Waals surface area contributed by atoms with Crippen LogP contribution >= 0.6 is 23.2 Å². The summed E-state index contributed by atoms with van der Waals surface area (Å²) in [4.78, 5) is 15.6. The molecule has 0 saturated heterocycles. The van der Waals surface area contributed by atoms with E-state index < -0.39 is 0 Å². The maximum atomic E-state index is 11.5. The summed E-state index contributed by atoms with van der Waals surface area (Å²) < 4.78 is 1.27. The van der Waals surface area contributed by atoms with Gasteiger partial charge in [0.25, 0.3) is 5.91 Å². The number of fused-ring (bicyclic) bond motifs is 1. The highest BCUT2D eigenvalue weighted by molar-refractivity contribution is 6.37. The van der Waals surface area contributed by atoms with Crippen LogP contribution in [0.25, 0.3) is 11.1 Å². The number of halogens is 2. The van der Waals surface area contributed by atoms with Crippen molar-refractivity contribution in [1.82, 2.24) is 9.78 Å². The van der Waals surface area contributed by atoms with Crippen molar-refractivity contribution in [2.45, 2.75) is 6.92 Å². The number of hydrogen-bond donors (Lipinski definition) is 0. The minimum atomic E-state index is -0.246. The summed E-state index contributed by atoms with van der Waals surface area (Å²) in [5.41, 5.74) is 2.24. The highest BCUT2D eigenvalue weighted by atomic mass is 35.5. The molecule has 0 spiro atoms. The molecule has 1 aromatic carbocycles. The second kappa shape index (κ2) is 3.93. The van der Waals surface area contributed by atoms with E-state index in [1.807, 2.05) is 6.92 Å². The fourth-order valence-electron chi connectivity index (χ4n) is 1.97. The molecule has 1 aliphatic heterocycles. The van der Waals surface area contributed by atoms with E-state index in [9.17, 15) is 4.79 Å². The lowest BCUT2D eigenvalue weighted by molar-refractivity contribution is 0.0989. The number of aliphatic imine (C=N–C) groups is 1. The van der Waals surface area contributed by atoms with E-state index in [0.29, 0.717) is 21.6 Å². The summed E-state index contributed by atoms with van der Waals surface area (Å²) in [6.45, 7) is 1.81. The van der Waals surface area contributed by atoms with Crippen LogP contribution in [0.2, 0.25) is 10.0 Å². The van der Waals surface area contributed by atoms with Gasteiger partial charge in [0.2, 0.25) is 0 Å². The molecule has 0 N–H and O–H groups in total. The van der Waals surface area contributed by atoms with Crippen LogP contribution in [0.15, 0.2) is 23.2 Å². The Kier molecular flexibility index (Phi) is 2.50. The summed E-state index contributed by atoms with van der Waals surface area (Å²) in [5.74, 6) is 0.270. The van der Waals surface area contributed by atoms with Gasteiger partial charge in [-0.15, -0.1) is 0 Å². The Bertz CT molecular complexity index is 704. The fraction of sp³-hybridized carbons (Fsp3) is 0.0833. The molecule has 4 nitrogen and oxygen atoms in total. The van der Waals surface area contributed by atoms with Gasteiger partial charge in [0.15, 0.2) is 5.82 Å². The van der Waals surface area contributed by atoms with Crippen LogP contribution in [0.4, 0.5) is 5.82 Å². The lowest BCUT2D eigenvalue weighted by atomic mass is 10.1. The zero-order valence-electron chi connectivity index (χ0n) is 9.32. The molecular formula is C12H7Cl2N3O. The molecule has 2 heterocycles. The minimum Gasteiger partial charge on any atom is -0.266 e. The Hall–Kier alpha value is -1.65. The molecule has 0 amide bonds. The predicted octanol–water partition coefficient (Wildman–Crippen LogP) is 3.52. The number of nitrogens with zero attached hydrogens (tertiary/aromatic N) is 3. The van der Waals surface area contributed by atoms with Crippen molar-refractivity contribution in [1.29, 1.82) is 0 Å². The number of carbonyl (C=O) groups excluding carboxylic acids is 1. The van der Waals surface area contributed by atoms with Gasteiger partial charge in [-0.1, -0.05) is 29.3 Å². The van der Waals surface area contributed by atoms with E-state index >= 15 is 0 Å². The van der Waals surface area contributed by atoms with Gasteiger partial charge in [-0.05, 0) is 19.1 Å². The average Bonchev–Trinajstić information content (AvgIpc) is 2.80. The van der Waals surface area contributed by atoms with Gasteiger partial charge in [0.1, 0.15) is 0 Å². The number of aryl methyl sites for hydroxylation is 1. The van der Waals surface area contributed by atoms with Crippen LogP contribution in [0.5, 0.6) is 0 Å². The molecule has 0 radical (unpaired) electrons. The number of aromatic nitrogens is 2. The van der Waals surface area contributed by atoms with Crippen LogP contribution in [0, 0.1) is 6.92 Å². The average molecular weight is 280 g/mol. The summed E-state index contributed by atoms with van der Waals surface area (Å²) in [6.07, 6.45) is 1.25. The molecule has 18 heavy (non-hydrogen) atoms. The largest absolute Gasteiger partial charge is 0.291 e. The standard InChI is InChI=1S/C12H7Cl2N3O/c1-6-11(8-3-2-7(13)4-9(8)14)12-15-5-10(18)17(12)16-6/h2-5H,1H3. The third-order valence-corrected chi connectivity index (χ3v) is 3.29. The molecule has 1 aliphatic rings. The summed E-state index contributed by atoms with van der Waals surface area (Å²) in [6, 6.07) is 5.20. The van der Waals surface area contributed by atoms with Gasteiger partial charge in [0.05, 0.1) is 22.5 Å². The van der Waals surface area contributed by atoms with E-state index in [-0.39, 0.29) is 5.91 Å². The number of benzene rings is 1. The third kappa shape index (κ3) is 1.57. The van der Waals surface area contributed by atoms with E-state index in [1.54, 1.807) is 18.2 Å². The first-order chi connectivity index (χ1) is 8.58. The molecule has 0 bridgehead atoms. The maximum absolute atomic E-state index is 11.5. The van der Waals surface area contributed by atoms with Crippen LogP contribution in [0.1, 0.15) is 10.5 Å². The van der Waals surface area contributed by atoms with Crippen molar-refractivity contribution in [2.75, 3.05) is 0 Å². The van der Waals surface area contributed by atoms with E-state index in [0.717, 1.165) is 11.1 Å². The first kappa shape index (κ1) is 11.4. The molecule has 6 heteroatoms. The van der Waals surface area contributed by atoms with Crippen molar-refractivity contribution in [3.8, 4) is 11.1 Å². The highest BCUT2D eigenvalue weighted by Crippen LogP contribution is 2.39. The van der Waals surface area contributed by atoms with Crippen molar-refractivity contribution < 1.29 is 4.79 Å². The molecule has 0 saturated carbocycles. The third-order valence-electron chi connectivity index (χ3n) is 2.74. The van der Waals surface area contributed by atoms with Gasteiger partial charge >= 0.3 is 0 Å². The Morgan fingerprint density at radius 3 is 2.78 bits per heavy atom. The smallest absolute Gasteiger partial charge is 0.266 e. The molecule has 0 aliphatic carbocycles. The van der Waals surface area contributed by atoms with Crippen molar-refractivity contribution in [3.63, 3.8) is 0 Å². The molecular weight excluding hydrogens is 273 g/mol. The topological polar surface area (TPSA) is 47.2 Å². The minimum absolute atomic E-state index is 0.246. The van der Waals surface area contributed by atoms with Gasteiger partial charge in [-0.25, -0.2) is 4.99 Å². The molecule has 0 fully saturated rings. The van der Waals surface area contributed by atoms with E-state index in [2.05, 4.69) is 10.1 Å². The summed E-state index contributed by atoms with van der Waals surface area (Å²) >= 11 is 12.0. The SMILES string of the molecule is Cc1nn2c(c1-c1ccc(Cl)cc1Cl)N=CC2=O. The Morgan fingerprint density at radius 2 is 2.06 bits per heavy atom. The molecule has 1 aromatic heterocycles. The number of hydrogen-bond acceptors (Lipinski definition) is 3. The van der Waals surface area contributed by atoms with Gasteiger partial charge < -0.3 is 0 Å². The van der Waals surface area contributed by atoms with E-state index in [1.165, 1.54) is 10.9 Å². The quantitative estimate of drug-likeness (QED) is 0.802. The molecule has 0 unspecified atom stereocenters. The molecule has 90 valence electrons. The van der Waals surface area contributed by atoms with Crippen LogP contribution in [-0.2, 0) is 0 Å². The Balaban J connectivity index is 2.27. The van der Waals surface area contributed by atoms with Crippen molar-refractivity contribution >= 4 is 41.1 Å². The predicted molar refractivity (Wildman–Crippen MR) is 71.2 cm³/mol. The Labute approximate surface area is 113 Å². The highest BCUT2D eigenvalue weighted by Gasteiger charge is 2.24. The molecule has 3 rings (SSSR count). The lowest BCUT2D eigenvalue weighted by Gasteiger charge is -2.04. The first-order valence-corrected chi connectivity index (χ1v) is 5.97. The second-order valence-corrected chi connectivity index (χ2v) is 4.76. The van der Waals surface area contributed by atoms with E-state index in [4.69, 9.17) is 23.2 Å². The van der Waals surface area contributed by atoms with Gasteiger partial charge in [0, 0.05) is 10.6 Å². The summed E-state index contributed by atoms with van der Waals surface area (Å²) in [5, 5.41) is 5.23. The monoisotopic (exact) mass is 279 g/mol. The number of carbonyl (C=O) groups is 1. The van der Waals surface area contributed by atoms with Crippen molar-refractivity contribution in [2.24, 2.45) is 4.99 Å². The zero-order chi connectivity index (χ0) is 12.9. The van der Waals surface area contributed by atoms with Crippen LogP contribution in [-0.4, -0.2) is 21.9 Å². The fourth-order valence-corrected chi connectivity index (χ4v) is 2.47. The normalized spacial score (nSPS) is 13.2. The Morgan fingerprint density at radius 1 is 1.28 bits per heavy atom. The van der Waals surface area contributed by atoms with Gasteiger partial charge in [-0.2, -0.15) is 9.78 Å². The van der Waals surface area contributed by atoms with Crippen molar-refractivity contribution in [3.05, 3.63) is 33.9 Å². The van der Waals surface area contributed by atoms with Crippen LogP contribution < -0.4 is 0 Å². The molecule has 0 atom stereocenters. The zero-order valence-corrected chi connectivity index (χ0v) is 10.8. The van der Waals surface area contributed by atoms with Gasteiger partial charge in [-0.3, -0.25) is 4.79 Å². The number of rotatable bonds is 1. The lowest BCUT2D eigenvalue weighted by Crippen LogP contribution is -2.07. The first-order valence-electron chi connectivity index (χ1n) is 5.21. The van der Waals surface area contributed by atoms with Crippen LogP contribution in [0.3, 0.4) is 0 Å². The maximum Gasteiger partial charge on any atom is 0.291 e.